The highest BCUT2D eigenvalue weighted by molar-refractivity contribution is 9.10. The third-order valence-electron chi connectivity index (χ3n) is 3.34. The number of fused-ring (bicyclic) bond motifs is 1. The zero-order chi connectivity index (χ0) is 12.5. The summed E-state index contributed by atoms with van der Waals surface area (Å²) < 4.78 is 14.6. The van der Waals surface area contributed by atoms with Crippen LogP contribution < -0.4 is 5.32 Å². The van der Waals surface area contributed by atoms with Gasteiger partial charge in [0.2, 0.25) is 0 Å². The minimum atomic E-state index is -0.200. The van der Waals surface area contributed by atoms with E-state index >= 15 is 0 Å². The van der Waals surface area contributed by atoms with Crippen LogP contribution in [0.15, 0.2) is 46.9 Å². The maximum atomic E-state index is 13.7. The van der Waals surface area contributed by atoms with Gasteiger partial charge < -0.3 is 5.32 Å². The Balaban J connectivity index is 1.78. The van der Waals surface area contributed by atoms with E-state index in [4.69, 9.17) is 0 Å². The number of hydrogen-bond donors (Lipinski definition) is 1. The van der Waals surface area contributed by atoms with Crippen LogP contribution in [0.25, 0.3) is 0 Å². The maximum absolute atomic E-state index is 13.7. The summed E-state index contributed by atoms with van der Waals surface area (Å²) in [7, 11) is 0. The van der Waals surface area contributed by atoms with Gasteiger partial charge in [-0.3, -0.25) is 0 Å². The van der Waals surface area contributed by atoms with Crippen LogP contribution in [-0.2, 0) is 12.8 Å². The Hall–Kier alpha value is -1.35. The molecule has 2 aromatic carbocycles. The summed E-state index contributed by atoms with van der Waals surface area (Å²) in [5, 5.41) is 3.29. The van der Waals surface area contributed by atoms with E-state index in [1.165, 1.54) is 17.2 Å². The van der Waals surface area contributed by atoms with Crippen molar-refractivity contribution in [1.82, 2.24) is 0 Å². The molecule has 0 heterocycles. The largest absolute Gasteiger partial charge is 0.379 e. The lowest BCUT2D eigenvalue weighted by Crippen LogP contribution is -2.20. The van der Waals surface area contributed by atoms with E-state index in [2.05, 4.69) is 45.5 Å². The molecule has 0 fully saturated rings. The topological polar surface area (TPSA) is 12.0 Å². The SMILES string of the molecule is Fc1ccc(Br)cc1NC1Cc2ccccc2C1. The lowest BCUT2D eigenvalue weighted by molar-refractivity contribution is 0.624. The van der Waals surface area contributed by atoms with Crippen molar-refractivity contribution in [1.29, 1.82) is 0 Å². The molecule has 0 aliphatic heterocycles. The fraction of sp³-hybridized carbons (Fsp3) is 0.200. The minimum absolute atomic E-state index is 0.200. The second-order valence-corrected chi connectivity index (χ2v) is 5.56. The number of halogens is 2. The van der Waals surface area contributed by atoms with Gasteiger partial charge in [0.05, 0.1) is 5.69 Å². The average Bonchev–Trinajstić information content (AvgIpc) is 2.76. The lowest BCUT2D eigenvalue weighted by Gasteiger charge is -2.14. The molecule has 18 heavy (non-hydrogen) atoms. The molecule has 0 aromatic heterocycles. The van der Waals surface area contributed by atoms with E-state index in [0.29, 0.717) is 5.69 Å². The Morgan fingerprint density at radius 1 is 1.06 bits per heavy atom. The number of rotatable bonds is 2. The van der Waals surface area contributed by atoms with Crippen molar-refractivity contribution in [3.8, 4) is 0 Å². The van der Waals surface area contributed by atoms with Crippen molar-refractivity contribution in [2.75, 3.05) is 5.32 Å². The Morgan fingerprint density at radius 2 is 1.72 bits per heavy atom. The molecule has 0 saturated heterocycles. The Morgan fingerprint density at radius 3 is 2.39 bits per heavy atom. The van der Waals surface area contributed by atoms with Gasteiger partial charge in [-0.2, -0.15) is 0 Å². The number of benzene rings is 2. The van der Waals surface area contributed by atoms with Crippen LogP contribution in [0.1, 0.15) is 11.1 Å². The highest BCUT2D eigenvalue weighted by Crippen LogP contribution is 2.26. The summed E-state index contributed by atoms with van der Waals surface area (Å²) in [5.74, 6) is -0.200. The molecule has 2 aromatic rings. The van der Waals surface area contributed by atoms with Gasteiger partial charge in [0.25, 0.3) is 0 Å². The summed E-state index contributed by atoms with van der Waals surface area (Å²) in [6.07, 6.45) is 1.92. The predicted molar refractivity (Wildman–Crippen MR) is 75.4 cm³/mol. The Labute approximate surface area is 114 Å². The van der Waals surface area contributed by atoms with E-state index in [0.717, 1.165) is 17.3 Å². The zero-order valence-corrected chi connectivity index (χ0v) is 11.4. The van der Waals surface area contributed by atoms with Crippen molar-refractivity contribution in [3.63, 3.8) is 0 Å². The summed E-state index contributed by atoms with van der Waals surface area (Å²) in [4.78, 5) is 0. The first kappa shape index (κ1) is 11.7. The smallest absolute Gasteiger partial charge is 0.146 e. The van der Waals surface area contributed by atoms with Crippen LogP contribution in [0.3, 0.4) is 0 Å². The maximum Gasteiger partial charge on any atom is 0.146 e. The molecule has 1 N–H and O–H groups in total. The highest BCUT2D eigenvalue weighted by Gasteiger charge is 2.21. The molecule has 0 bridgehead atoms. The molecule has 0 amide bonds. The third kappa shape index (κ3) is 2.27. The molecular formula is C15H13BrFN. The molecule has 1 nitrogen and oxygen atoms in total. The number of anilines is 1. The van der Waals surface area contributed by atoms with Crippen LogP contribution in [0.2, 0.25) is 0 Å². The quantitative estimate of drug-likeness (QED) is 0.878. The molecule has 0 radical (unpaired) electrons. The summed E-state index contributed by atoms with van der Waals surface area (Å²) in [6, 6.07) is 13.7. The van der Waals surface area contributed by atoms with Gasteiger partial charge in [0.15, 0.2) is 0 Å². The van der Waals surface area contributed by atoms with Crippen molar-refractivity contribution in [2.45, 2.75) is 18.9 Å². The summed E-state index contributed by atoms with van der Waals surface area (Å²) in [5.41, 5.74) is 3.30. The van der Waals surface area contributed by atoms with E-state index in [1.807, 2.05) is 0 Å². The third-order valence-corrected chi connectivity index (χ3v) is 3.83. The van der Waals surface area contributed by atoms with Crippen molar-refractivity contribution in [2.24, 2.45) is 0 Å². The van der Waals surface area contributed by atoms with E-state index in [1.54, 1.807) is 12.1 Å². The van der Waals surface area contributed by atoms with Gasteiger partial charge in [0, 0.05) is 10.5 Å². The van der Waals surface area contributed by atoms with Crippen molar-refractivity contribution >= 4 is 21.6 Å². The highest BCUT2D eigenvalue weighted by atomic mass is 79.9. The molecule has 0 unspecified atom stereocenters. The summed E-state index contributed by atoms with van der Waals surface area (Å²) >= 11 is 3.37. The van der Waals surface area contributed by atoms with Crippen LogP contribution >= 0.6 is 15.9 Å². The molecule has 92 valence electrons. The fourth-order valence-electron chi connectivity index (χ4n) is 2.49. The van der Waals surface area contributed by atoms with Crippen molar-refractivity contribution < 1.29 is 4.39 Å². The molecule has 0 saturated carbocycles. The average molecular weight is 306 g/mol. The van der Waals surface area contributed by atoms with E-state index in [9.17, 15) is 4.39 Å². The van der Waals surface area contributed by atoms with Gasteiger partial charge in [-0.05, 0) is 42.2 Å². The summed E-state index contributed by atoms with van der Waals surface area (Å²) in [6.45, 7) is 0. The van der Waals surface area contributed by atoms with Gasteiger partial charge in [-0.25, -0.2) is 4.39 Å². The van der Waals surface area contributed by atoms with Crippen LogP contribution in [0.5, 0.6) is 0 Å². The van der Waals surface area contributed by atoms with E-state index < -0.39 is 0 Å². The molecular weight excluding hydrogens is 293 g/mol. The predicted octanol–water partition coefficient (Wildman–Crippen LogP) is 4.17. The first-order valence-electron chi connectivity index (χ1n) is 6.01. The molecule has 1 aliphatic carbocycles. The fourth-order valence-corrected chi connectivity index (χ4v) is 2.85. The second-order valence-electron chi connectivity index (χ2n) is 4.64. The molecule has 0 spiro atoms. The van der Waals surface area contributed by atoms with Crippen LogP contribution in [0.4, 0.5) is 10.1 Å². The van der Waals surface area contributed by atoms with Crippen LogP contribution in [0, 0.1) is 5.82 Å². The Kier molecular flexibility index (Phi) is 3.08. The minimum Gasteiger partial charge on any atom is -0.379 e. The molecule has 3 heteroatoms. The van der Waals surface area contributed by atoms with E-state index in [-0.39, 0.29) is 11.9 Å². The normalized spacial score (nSPS) is 14.6. The zero-order valence-electron chi connectivity index (χ0n) is 9.79. The first-order chi connectivity index (χ1) is 8.72. The number of nitrogens with one attached hydrogen (secondary N) is 1. The Bertz CT molecular complexity index is 557. The lowest BCUT2D eigenvalue weighted by atomic mass is 10.1. The number of hydrogen-bond acceptors (Lipinski definition) is 1. The molecule has 1 aliphatic rings. The molecule has 3 rings (SSSR count). The van der Waals surface area contributed by atoms with Crippen molar-refractivity contribution in [3.05, 3.63) is 63.9 Å². The first-order valence-corrected chi connectivity index (χ1v) is 6.80. The van der Waals surface area contributed by atoms with Gasteiger partial charge >= 0.3 is 0 Å². The standard InChI is InChI=1S/C15H13BrFN/c16-12-5-6-14(17)15(9-12)18-13-7-10-3-1-2-4-11(10)8-13/h1-6,9,13,18H,7-8H2. The van der Waals surface area contributed by atoms with Gasteiger partial charge in [-0.15, -0.1) is 0 Å². The monoisotopic (exact) mass is 305 g/mol. The second kappa shape index (κ2) is 4.73. The molecule has 0 atom stereocenters. The van der Waals surface area contributed by atoms with Gasteiger partial charge in [0.1, 0.15) is 5.82 Å². The van der Waals surface area contributed by atoms with Gasteiger partial charge in [-0.1, -0.05) is 40.2 Å². The van der Waals surface area contributed by atoms with Crippen LogP contribution in [-0.4, -0.2) is 6.04 Å².